The summed E-state index contributed by atoms with van der Waals surface area (Å²) in [7, 11) is 1.88. The summed E-state index contributed by atoms with van der Waals surface area (Å²) in [6.07, 6.45) is 3.32. The molecule has 0 saturated heterocycles. The van der Waals surface area contributed by atoms with Gasteiger partial charge < -0.3 is 0 Å². The Morgan fingerprint density at radius 1 is 1.07 bits per heavy atom. The van der Waals surface area contributed by atoms with Crippen LogP contribution < -0.4 is 5.56 Å². The first-order chi connectivity index (χ1) is 14.6. The monoisotopic (exact) mass is 418 g/mol. The van der Waals surface area contributed by atoms with Crippen LogP contribution in [0.15, 0.2) is 64.5 Å². The van der Waals surface area contributed by atoms with Gasteiger partial charge in [-0.05, 0) is 59.9 Å². The molecule has 4 aromatic rings. The van der Waals surface area contributed by atoms with Crippen LogP contribution in [0.1, 0.15) is 34.9 Å². The topological polar surface area (TPSA) is 70.5 Å². The largest absolute Gasteiger partial charge is 0.297 e. The van der Waals surface area contributed by atoms with Gasteiger partial charge in [0.05, 0.1) is 11.4 Å². The maximum absolute atomic E-state index is 13.4. The fraction of sp³-hybridized carbons (Fsp3) is 0.273. The van der Waals surface area contributed by atoms with Gasteiger partial charge in [0.1, 0.15) is 0 Å². The molecule has 0 fully saturated rings. The fourth-order valence-electron chi connectivity index (χ4n) is 4.15. The van der Waals surface area contributed by atoms with Gasteiger partial charge in [-0.3, -0.25) is 9.48 Å². The van der Waals surface area contributed by atoms with Crippen molar-refractivity contribution < 1.29 is 0 Å². The molecule has 2 aromatic carbocycles. The molecular formula is C22H22N6OS. The summed E-state index contributed by atoms with van der Waals surface area (Å²) in [5.74, 6) is 0. The van der Waals surface area contributed by atoms with E-state index in [1.54, 1.807) is 21.1 Å². The molecular weight excluding hydrogens is 396 g/mol. The number of hydrogen-bond donors (Lipinski definition) is 0. The van der Waals surface area contributed by atoms with Crippen molar-refractivity contribution in [1.82, 2.24) is 29.6 Å². The van der Waals surface area contributed by atoms with Crippen molar-refractivity contribution in [2.24, 2.45) is 7.05 Å². The Hall–Kier alpha value is -3.13. The van der Waals surface area contributed by atoms with E-state index in [-0.39, 0.29) is 10.8 Å². The molecule has 0 amide bonds. The second-order valence-electron chi connectivity index (χ2n) is 7.48. The summed E-state index contributed by atoms with van der Waals surface area (Å²) >= 11 is 1.63. The van der Waals surface area contributed by atoms with Gasteiger partial charge in [-0.1, -0.05) is 54.2 Å². The molecule has 0 saturated carbocycles. The summed E-state index contributed by atoms with van der Waals surface area (Å²) < 4.78 is 5.09. The molecule has 1 unspecified atom stereocenters. The predicted molar refractivity (Wildman–Crippen MR) is 116 cm³/mol. The number of aryl methyl sites for hydroxylation is 1. The number of rotatable bonds is 4. The van der Waals surface area contributed by atoms with Crippen molar-refractivity contribution in [2.75, 3.05) is 0 Å². The molecule has 2 heterocycles. The SMILES string of the molecule is Cc1c(-n2nnnc2SC2CCCc3ccccc32)c(=O)n(-c2ccccc2)n1C. The number of benzene rings is 2. The van der Waals surface area contributed by atoms with Crippen LogP contribution in [0.4, 0.5) is 0 Å². The minimum Gasteiger partial charge on any atom is -0.283 e. The molecule has 0 aliphatic heterocycles. The van der Waals surface area contributed by atoms with Crippen molar-refractivity contribution in [3.63, 3.8) is 0 Å². The van der Waals surface area contributed by atoms with Crippen LogP contribution in [0, 0.1) is 6.92 Å². The molecule has 0 bridgehead atoms. The lowest BCUT2D eigenvalue weighted by molar-refractivity contribution is 0.630. The Balaban J connectivity index is 1.56. The fourth-order valence-corrected chi connectivity index (χ4v) is 5.36. The van der Waals surface area contributed by atoms with Crippen LogP contribution in [-0.4, -0.2) is 29.6 Å². The molecule has 1 atom stereocenters. The Bertz CT molecular complexity index is 1260. The summed E-state index contributed by atoms with van der Waals surface area (Å²) in [5.41, 5.74) is 4.69. The average molecular weight is 419 g/mol. The summed E-state index contributed by atoms with van der Waals surface area (Å²) in [6.45, 7) is 1.92. The summed E-state index contributed by atoms with van der Waals surface area (Å²) in [5, 5.41) is 13.3. The first-order valence-corrected chi connectivity index (χ1v) is 10.9. The second kappa shape index (κ2) is 7.60. The number of para-hydroxylation sites is 1. The van der Waals surface area contributed by atoms with Gasteiger partial charge in [-0.15, -0.1) is 5.10 Å². The zero-order valence-electron chi connectivity index (χ0n) is 16.9. The van der Waals surface area contributed by atoms with Crippen LogP contribution in [0.3, 0.4) is 0 Å². The van der Waals surface area contributed by atoms with E-state index in [4.69, 9.17) is 0 Å². The quantitative estimate of drug-likeness (QED) is 0.506. The van der Waals surface area contributed by atoms with Gasteiger partial charge in [0.25, 0.3) is 5.56 Å². The van der Waals surface area contributed by atoms with E-state index in [0.717, 1.165) is 30.6 Å². The maximum Gasteiger partial charge on any atom is 0.297 e. The summed E-state index contributed by atoms with van der Waals surface area (Å²) in [6, 6.07) is 18.2. The number of aromatic nitrogens is 6. The van der Waals surface area contributed by atoms with Crippen LogP contribution in [0.5, 0.6) is 0 Å². The lowest BCUT2D eigenvalue weighted by Crippen LogP contribution is -2.22. The molecule has 152 valence electrons. The number of fused-ring (bicyclic) bond motifs is 1. The predicted octanol–water partition coefficient (Wildman–Crippen LogP) is 3.63. The normalized spacial score (nSPS) is 15.9. The highest BCUT2D eigenvalue weighted by Gasteiger charge is 2.26. The minimum absolute atomic E-state index is 0.139. The van der Waals surface area contributed by atoms with Crippen molar-refractivity contribution in [1.29, 1.82) is 0 Å². The van der Waals surface area contributed by atoms with Gasteiger partial charge in [0, 0.05) is 12.3 Å². The molecule has 2 aromatic heterocycles. The lowest BCUT2D eigenvalue weighted by Gasteiger charge is -2.24. The molecule has 8 heteroatoms. The van der Waals surface area contributed by atoms with Crippen molar-refractivity contribution in [2.45, 2.75) is 36.6 Å². The highest BCUT2D eigenvalue weighted by Crippen LogP contribution is 2.42. The van der Waals surface area contributed by atoms with E-state index in [1.165, 1.54) is 11.1 Å². The zero-order chi connectivity index (χ0) is 20.7. The van der Waals surface area contributed by atoms with Gasteiger partial charge >= 0.3 is 0 Å². The average Bonchev–Trinajstić information content (AvgIpc) is 3.30. The number of hydrogen-bond acceptors (Lipinski definition) is 5. The first-order valence-electron chi connectivity index (χ1n) is 10.0. The van der Waals surface area contributed by atoms with Gasteiger partial charge in [-0.25, -0.2) is 4.68 Å². The third-order valence-electron chi connectivity index (χ3n) is 5.74. The molecule has 5 rings (SSSR count). The Morgan fingerprint density at radius 3 is 2.67 bits per heavy atom. The number of tetrazole rings is 1. The standard InChI is InChI=1S/C22H22N6OS/c1-15-20(21(29)28(26(15)2)17-11-4-3-5-12-17)27-22(23-24-25-27)30-19-14-8-10-16-9-6-7-13-18(16)19/h3-7,9,11-13,19H,8,10,14H2,1-2H3. The minimum atomic E-state index is -0.139. The van der Waals surface area contributed by atoms with Crippen LogP contribution in [0.2, 0.25) is 0 Å². The van der Waals surface area contributed by atoms with E-state index >= 15 is 0 Å². The van der Waals surface area contributed by atoms with Crippen molar-refractivity contribution >= 4 is 11.8 Å². The highest BCUT2D eigenvalue weighted by molar-refractivity contribution is 7.99. The second-order valence-corrected chi connectivity index (χ2v) is 8.65. The van der Waals surface area contributed by atoms with E-state index < -0.39 is 0 Å². The summed E-state index contributed by atoms with van der Waals surface area (Å²) in [4.78, 5) is 13.4. The molecule has 30 heavy (non-hydrogen) atoms. The number of nitrogens with zero attached hydrogens (tertiary/aromatic N) is 6. The molecule has 7 nitrogen and oxygen atoms in total. The Kier molecular flexibility index (Phi) is 4.78. The van der Waals surface area contributed by atoms with E-state index in [1.807, 2.05) is 49.0 Å². The molecule has 0 radical (unpaired) electrons. The van der Waals surface area contributed by atoms with Crippen molar-refractivity contribution in [3.05, 3.63) is 81.8 Å². The van der Waals surface area contributed by atoms with E-state index in [2.05, 4.69) is 39.8 Å². The molecule has 1 aliphatic rings. The van der Waals surface area contributed by atoms with E-state index in [9.17, 15) is 4.79 Å². The third kappa shape index (κ3) is 3.08. The van der Waals surface area contributed by atoms with Crippen LogP contribution in [0.25, 0.3) is 11.4 Å². The smallest absolute Gasteiger partial charge is 0.283 e. The highest BCUT2D eigenvalue weighted by atomic mass is 32.2. The first kappa shape index (κ1) is 18.9. The zero-order valence-corrected chi connectivity index (χ0v) is 17.7. The molecule has 0 spiro atoms. The Morgan fingerprint density at radius 2 is 1.83 bits per heavy atom. The third-order valence-corrected chi connectivity index (χ3v) is 6.98. The molecule has 1 aliphatic carbocycles. The molecule has 0 N–H and O–H groups in total. The van der Waals surface area contributed by atoms with Gasteiger partial charge in [-0.2, -0.15) is 4.68 Å². The lowest BCUT2D eigenvalue weighted by atomic mass is 9.91. The maximum atomic E-state index is 13.4. The van der Waals surface area contributed by atoms with Crippen LogP contribution >= 0.6 is 11.8 Å². The Labute approximate surface area is 178 Å². The van der Waals surface area contributed by atoms with E-state index in [0.29, 0.717) is 10.8 Å². The van der Waals surface area contributed by atoms with Crippen LogP contribution in [-0.2, 0) is 13.5 Å². The van der Waals surface area contributed by atoms with Crippen molar-refractivity contribution in [3.8, 4) is 11.4 Å². The number of thioether (sulfide) groups is 1. The van der Waals surface area contributed by atoms with Gasteiger partial charge in [0.15, 0.2) is 5.69 Å². The van der Waals surface area contributed by atoms with Gasteiger partial charge in [0.2, 0.25) is 5.16 Å².